The van der Waals surface area contributed by atoms with E-state index in [0.717, 1.165) is 13.0 Å². The Morgan fingerprint density at radius 3 is 2.83 bits per heavy atom. The van der Waals surface area contributed by atoms with Crippen LogP contribution in [0.1, 0.15) is 34.2 Å². The second-order valence-electron chi connectivity index (χ2n) is 4.72. The van der Waals surface area contributed by atoms with Crippen molar-refractivity contribution < 1.29 is 14.3 Å². The normalized spacial score (nSPS) is 10.0. The Morgan fingerprint density at radius 1 is 1.26 bits per heavy atom. The first-order valence-electron chi connectivity index (χ1n) is 7.20. The molecule has 0 fully saturated rings. The van der Waals surface area contributed by atoms with Crippen LogP contribution in [0.3, 0.4) is 0 Å². The third-order valence-electron chi connectivity index (χ3n) is 2.96. The number of nitrogens with zero attached hydrogens (tertiary/aromatic N) is 2. The number of rotatable bonds is 6. The largest absolute Gasteiger partial charge is 0.465 e. The van der Waals surface area contributed by atoms with Crippen LogP contribution >= 0.6 is 0 Å². The zero-order valence-electron chi connectivity index (χ0n) is 13.0. The highest BCUT2D eigenvalue weighted by Crippen LogP contribution is 2.13. The van der Waals surface area contributed by atoms with Crippen LogP contribution in [0.25, 0.3) is 0 Å². The molecule has 1 heterocycles. The van der Waals surface area contributed by atoms with E-state index in [1.165, 1.54) is 19.4 Å². The van der Waals surface area contributed by atoms with Crippen LogP contribution in [-0.4, -0.2) is 35.5 Å². The quantitative estimate of drug-likeness (QED) is 0.795. The SMILES string of the molecule is CCCNc1nccc(C(=O)Nc2cccc(C(=O)OC)c2)n1. The summed E-state index contributed by atoms with van der Waals surface area (Å²) in [4.78, 5) is 32.0. The molecule has 0 aliphatic rings. The average molecular weight is 314 g/mol. The van der Waals surface area contributed by atoms with Gasteiger partial charge in [0, 0.05) is 18.4 Å². The number of methoxy groups -OCH3 is 1. The Hall–Kier alpha value is -2.96. The number of nitrogens with one attached hydrogen (secondary N) is 2. The van der Waals surface area contributed by atoms with Gasteiger partial charge < -0.3 is 15.4 Å². The van der Waals surface area contributed by atoms with Crippen molar-refractivity contribution in [3.8, 4) is 0 Å². The number of esters is 1. The number of amides is 1. The highest BCUT2D eigenvalue weighted by Gasteiger charge is 2.11. The maximum Gasteiger partial charge on any atom is 0.337 e. The molecule has 0 spiro atoms. The summed E-state index contributed by atoms with van der Waals surface area (Å²) in [5.74, 6) is -0.439. The summed E-state index contributed by atoms with van der Waals surface area (Å²) in [7, 11) is 1.30. The number of hydrogen-bond donors (Lipinski definition) is 2. The summed E-state index contributed by atoms with van der Waals surface area (Å²) < 4.78 is 4.65. The monoisotopic (exact) mass is 314 g/mol. The van der Waals surface area contributed by atoms with E-state index in [1.54, 1.807) is 24.3 Å². The number of hydrogen-bond acceptors (Lipinski definition) is 6. The third-order valence-corrected chi connectivity index (χ3v) is 2.96. The van der Waals surface area contributed by atoms with E-state index in [-0.39, 0.29) is 11.6 Å². The summed E-state index contributed by atoms with van der Waals surface area (Å²) >= 11 is 0. The number of ether oxygens (including phenoxy) is 1. The first-order chi connectivity index (χ1) is 11.1. The maximum absolute atomic E-state index is 12.2. The molecule has 1 aromatic heterocycles. The molecule has 7 heteroatoms. The van der Waals surface area contributed by atoms with Gasteiger partial charge in [-0.15, -0.1) is 0 Å². The van der Waals surface area contributed by atoms with Crippen LogP contribution in [0.5, 0.6) is 0 Å². The van der Waals surface area contributed by atoms with Crippen molar-refractivity contribution in [3.63, 3.8) is 0 Å². The molecule has 2 aromatic rings. The van der Waals surface area contributed by atoms with Crippen molar-refractivity contribution >= 4 is 23.5 Å². The summed E-state index contributed by atoms with van der Waals surface area (Å²) in [6.07, 6.45) is 2.45. The van der Waals surface area contributed by atoms with Gasteiger partial charge in [0.15, 0.2) is 0 Å². The minimum atomic E-state index is -0.464. The number of carbonyl (C=O) groups excluding carboxylic acids is 2. The molecule has 23 heavy (non-hydrogen) atoms. The van der Waals surface area contributed by atoms with Gasteiger partial charge in [-0.1, -0.05) is 13.0 Å². The highest BCUT2D eigenvalue weighted by atomic mass is 16.5. The van der Waals surface area contributed by atoms with E-state index in [1.807, 2.05) is 6.92 Å². The van der Waals surface area contributed by atoms with Gasteiger partial charge in [-0.05, 0) is 30.7 Å². The van der Waals surface area contributed by atoms with Crippen LogP contribution in [0.2, 0.25) is 0 Å². The number of benzene rings is 1. The summed E-state index contributed by atoms with van der Waals surface area (Å²) in [6, 6.07) is 8.02. The van der Waals surface area contributed by atoms with Gasteiger partial charge in [0.1, 0.15) is 5.69 Å². The molecular weight excluding hydrogens is 296 g/mol. The fourth-order valence-corrected chi connectivity index (χ4v) is 1.84. The van der Waals surface area contributed by atoms with Crippen LogP contribution in [0.4, 0.5) is 11.6 Å². The van der Waals surface area contributed by atoms with E-state index in [0.29, 0.717) is 17.2 Å². The van der Waals surface area contributed by atoms with E-state index >= 15 is 0 Å². The van der Waals surface area contributed by atoms with Gasteiger partial charge in [0.05, 0.1) is 12.7 Å². The lowest BCUT2D eigenvalue weighted by atomic mass is 10.2. The Labute approximate surface area is 134 Å². The molecule has 1 amide bonds. The zero-order chi connectivity index (χ0) is 16.7. The van der Waals surface area contributed by atoms with Gasteiger partial charge in [-0.3, -0.25) is 4.79 Å². The highest BCUT2D eigenvalue weighted by molar-refractivity contribution is 6.03. The van der Waals surface area contributed by atoms with E-state index in [2.05, 4.69) is 25.3 Å². The van der Waals surface area contributed by atoms with Crippen molar-refractivity contribution in [2.24, 2.45) is 0 Å². The molecule has 0 atom stereocenters. The minimum Gasteiger partial charge on any atom is -0.465 e. The third kappa shape index (κ3) is 4.50. The minimum absolute atomic E-state index is 0.238. The number of carbonyl (C=O) groups is 2. The predicted octanol–water partition coefficient (Wildman–Crippen LogP) is 2.34. The topological polar surface area (TPSA) is 93.2 Å². The number of aromatic nitrogens is 2. The molecular formula is C16H18N4O3. The van der Waals surface area contributed by atoms with Crippen molar-refractivity contribution in [3.05, 3.63) is 47.8 Å². The second kappa shape index (κ2) is 7.88. The molecule has 7 nitrogen and oxygen atoms in total. The van der Waals surface area contributed by atoms with Crippen molar-refractivity contribution in [2.75, 3.05) is 24.3 Å². The van der Waals surface area contributed by atoms with Crippen LogP contribution in [0, 0.1) is 0 Å². The first kappa shape index (κ1) is 16.4. The molecule has 120 valence electrons. The van der Waals surface area contributed by atoms with E-state index in [9.17, 15) is 9.59 Å². The van der Waals surface area contributed by atoms with Gasteiger partial charge in [0.25, 0.3) is 5.91 Å². The molecule has 2 N–H and O–H groups in total. The molecule has 0 radical (unpaired) electrons. The molecule has 0 saturated heterocycles. The Bertz CT molecular complexity index is 703. The van der Waals surface area contributed by atoms with Crippen molar-refractivity contribution in [1.29, 1.82) is 0 Å². The first-order valence-corrected chi connectivity index (χ1v) is 7.20. The summed E-state index contributed by atoms with van der Waals surface area (Å²) in [5, 5.41) is 5.72. The maximum atomic E-state index is 12.2. The molecule has 0 aliphatic carbocycles. The molecule has 0 unspecified atom stereocenters. The lowest BCUT2D eigenvalue weighted by Crippen LogP contribution is -2.16. The second-order valence-corrected chi connectivity index (χ2v) is 4.72. The molecule has 0 aliphatic heterocycles. The molecule has 2 rings (SSSR count). The lowest BCUT2D eigenvalue weighted by Gasteiger charge is -2.08. The fraction of sp³-hybridized carbons (Fsp3) is 0.250. The smallest absolute Gasteiger partial charge is 0.337 e. The average Bonchev–Trinajstić information content (AvgIpc) is 2.59. The number of anilines is 2. The summed E-state index contributed by atoms with van der Waals surface area (Å²) in [6.45, 7) is 2.75. The lowest BCUT2D eigenvalue weighted by molar-refractivity contribution is 0.0600. The van der Waals surface area contributed by atoms with Crippen molar-refractivity contribution in [1.82, 2.24) is 9.97 Å². The Balaban J connectivity index is 2.11. The standard InChI is InChI=1S/C16H18N4O3/c1-3-8-17-16-18-9-7-13(20-16)14(21)19-12-6-4-5-11(10-12)15(22)23-2/h4-7,9-10H,3,8H2,1-2H3,(H,19,21)(H,17,18,20). The van der Waals surface area contributed by atoms with Crippen LogP contribution < -0.4 is 10.6 Å². The Morgan fingerprint density at radius 2 is 2.09 bits per heavy atom. The Kier molecular flexibility index (Phi) is 5.62. The molecule has 0 saturated carbocycles. The zero-order valence-corrected chi connectivity index (χ0v) is 13.0. The van der Waals surface area contributed by atoms with Gasteiger partial charge in [0.2, 0.25) is 5.95 Å². The van der Waals surface area contributed by atoms with E-state index in [4.69, 9.17) is 0 Å². The van der Waals surface area contributed by atoms with Crippen LogP contribution in [0.15, 0.2) is 36.5 Å². The fourth-order valence-electron chi connectivity index (χ4n) is 1.84. The molecule has 0 bridgehead atoms. The van der Waals surface area contributed by atoms with Crippen LogP contribution in [-0.2, 0) is 4.74 Å². The molecule has 1 aromatic carbocycles. The van der Waals surface area contributed by atoms with E-state index < -0.39 is 5.97 Å². The summed E-state index contributed by atoms with van der Waals surface area (Å²) in [5.41, 5.74) is 1.08. The van der Waals surface area contributed by atoms with Gasteiger partial charge in [-0.25, -0.2) is 14.8 Å². The predicted molar refractivity (Wildman–Crippen MR) is 86.5 cm³/mol. The van der Waals surface area contributed by atoms with Crippen molar-refractivity contribution in [2.45, 2.75) is 13.3 Å². The van der Waals surface area contributed by atoms with Gasteiger partial charge in [-0.2, -0.15) is 0 Å². The van der Waals surface area contributed by atoms with Gasteiger partial charge >= 0.3 is 5.97 Å².